The van der Waals surface area contributed by atoms with E-state index in [1.807, 2.05) is 32.0 Å². The number of rotatable bonds is 6. The van der Waals surface area contributed by atoms with E-state index in [-0.39, 0.29) is 24.1 Å². The van der Waals surface area contributed by atoms with Crippen molar-refractivity contribution >= 4 is 17.5 Å². The summed E-state index contributed by atoms with van der Waals surface area (Å²) in [5.41, 5.74) is 0.219. The van der Waals surface area contributed by atoms with E-state index in [2.05, 4.69) is 0 Å². The first-order chi connectivity index (χ1) is 19.0. The lowest BCUT2D eigenvalue weighted by Gasteiger charge is -2.43. The zero-order chi connectivity index (χ0) is 28.3. The molecule has 4 heterocycles. The maximum atomic E-state index is 14.4. The summed E-state index contributed by atoms with van der Waals surface area (Å²) in [6.07, 6.45) is -2.85. The molecule has 0 saturated carbocycles. The van der Waals surface area contributed by atoms with E-state index < -0.39 is 23.0 Å². The van der Waals surface area contributed by atoms with E-state index in [1.165, 1.54) is 11.0 Å². The van der Waals surface area contributed by atoms with Crippen LogP contribution in [0.5, 0.6) is 11.5 Å². The van der Waals surface area contributed by atoms with Crippen molar-refractivity contribution in [2.24, 2.45) is 0 Å². The SMILES string of the molecule is CC1(C)CC2(C(=O)N(Cc3ccc(C(F)(F)F)o3)c3ccccc32)c2ccc(OCCN3CCCC3=O)cc2O1. The minimum atomic E-state index is -4.61. The number of amides is 2. The summed E-state index contributed by atoms with van der Waals surface area (Å²) in [6, 6.07) is 14.9. The predicted molar refractivity (Wildman–Crippen MR) is 139 cm³/mol. The minimum absolute atomic E-state index is 0.0410. The maximum absolute atomic E-state index is 14.4. The van der Waals surface area contributed by atoms with Crippen LogP contribution in [0.15, 0.2) is 59.0 Å². The molecule has 6 rings (SSSR count). The predicted octanol–water partition coefficient (Wildman–Crippen LogP) is 5.69. The third kappa shape index (κ3) is 4.39. The van der Waals surface area contributed by atoms with E-state index >= 15 is 0 Å². The summed E-state index contributed by atoms with van der Waals surface area (Å²) in [5.74, 6) is -0.112. The molecule has 3 aliphatic heterocycles. The van der Waals surface area contributed by atoms with Crippen LogP contribution >= 0.6 is 0 Å². The van der Waals surface area contributed by atoms with E-state index in [0.717, 1.165) is 24.6 Å². The molecule has 0 aliphatic carbocycles. The first-order valence-corrected chi connectivity index (χ1v) is 13.3. The Labute approximate surface area is 229 Å². The Morgan fingerprint density at radius 2 is 1.82 bits per heavy atom. The molecule has 0 radical (unpaired) electrons. The normalized spacial score (nSPS) is 21.5. The summed E-state index contributed by atoms with van der Waals surface area (Å²) in [6.45, 7) is 5.24. The molecule has 10 heteroatoms. The maximum Gasteiger partial charge on any atom is 0.449 e. The Morgan fingerprint density at radius 1 is 1.02 bits per heavy atom. The minimum Gasteiger partial charge on any atom is -0.492 e. The molecular formula is C30H29F3N2O5. The molecular weight excluding hydrogens is 525 g/mol. The van der Waals surface area contributed by atoms with Crippen LogP contribution in [0.2, 0.25) is 0 Å². The van der Waals surface area contributed by atoms with Crippen LogP contribution < -0.4 is 14.4 Å². The first kappa shape index (κ1) is 26.3. The average Bonchev–Trinajstić information content (AvgIpc) is 3.59. The fraction of sp³-hybridized carbons (Fsp3) is 0.400. The number of ether oxygens (including phenoxy) is 2. The number of para-hydroxylation sites is 1. The highest BCUT2D eigenvalue weighted by Crippen LogP contribution is 2.56. The number of anilines is 1. The van der Waals surface area contributed by atoms with Crippen molar-refractivity contribution in [1.29, 1.82) is 0 Å². The quantitative estimate of drug-likeness (QED) is 0.391. The number of alkyl halides is 3. The fourth-order valence-electron chi connectivity index (χ4n) is 6.20. The number of halogens is 3. The number of hydrogen-bond acceptors (Lipinski definition) is 5. The number of nitrogens with zero attached hydrogens (tertiary/aromatic N) is 2. The molecule has 1 spiro atoms. The topological polar surface area (TPSA) is 72.2 Å². The number of carbonyl (C=O) groups is 2. The van der Waals surface area contributed by atoms with Crippen molar-refractivity contribution in [3.05, 3.63) is 77.2 Å². The van der Waals surface area contributed by atoms with E-state index in [4.69, 9.17) is 13.9 Å². The molecule has 0 N–H and O–H groups in total. The summed E-state index contributed by atoms with van der Waals surface area (Å²) >= 11 is 0. The van der Waals surface area contributed by atoms with Crippen LogP contribution in [0.3, 0.4) is 0 Å². The van der Waals surface area contributed by atoms with Crippen molar-refractivity contribution in [2.75, 3.05) is 24.6 Å². The Morgan fingerprint density at radius 3 is 2.55 bits per heavy atom. The Bertz CT molecular complexity index is 1480. The van der Waals surface area contributed by atoms with Gasteiger partial charge in [0.15, 0.2) is 0 Å². The van der Waals surface area contributed by atoms with Gasteiger partial charge in [-0.25, -0.2) is 0 Å². The molecule has 1 aromatic heterocycles. The van der Waals surface area contributed by atoms with Crippen LogP contribution in [0.25, 0.3) is 0 Å². The molecule has 210 valence electrons. The molecule has 7 nitrogen and oxygen atoms in total. The number of carbonyl (C=O) groups excluding carboxylic acids is 2. The molecule has 3 aliphatic rings. The molecule has 1 unspecified atom stereocenters. The van der Waals surface area contributed by atoms with Gasteiger partial charge in [-0.2, -0.15) is 13.2 Å². The van der Waals surface area contributed by atoms with Gasteiger partial charge in [0.1, 0.15) is 34.9 Å². The van der Waals surface area contributed by atoms with Crippen LogP contribution in [-0.2, 0) is 27.7 Å². The molecule has 1 fully saturated rings. The second kappa shape index (κ2) is 9.31. The number of furan rings is 1. The zero-order valence-corrected chi connectivity index (χ0v) is 22.2. The first-order valence-electron chi connectivity index (χ1n) is 13.3. The van der Waals surface area contributed by atoms with Crippen molar-refractivity contribution in [3.8, 4) is 11.5 Å². The van der Waals surface area contributed by atoms with Crippen LogP contribution in [0.1, 0.15) is 55.8 Å². The van der Waals surface area contributed by atoms with E-state index in [1.54, 1.807) is 29.2 Å². The van der Waals surface area contributed by atoms with Gasteiger partial charge in [0, 0.05) is 36.7 Å². The molecule has 40 heavy (non-hydrogen) atoms. The lowest BCUT2D eigenvalue weighted by molar-refractivity contribution is -0.153. The van der Waals surface area contributed by atoms with E-state index in [9.17, 15) is 22.8 Å². The Kier molecular flexibility index (Phi) is 6.12. The molecule has 0 bridgehead atoms. The van der Waals surface area contributed by atoms with Gasteiger partial charge in [0.25, 0.3) is 0 Å². The van der Waals surface area contributed by atoms with Crippen molar-refractivity contribution in [3.63, 3.8) is 0 Å². The third-order valence-corrected chi connectivity index (χ3v) is 7.81. The fourth-order valence-corrected chi connectivity index (χ4v) is 6.20. The molecule has 2 amide bonds. The largest absolute Gasteiger partial charge is 0.492 e. The zero-order valence-electron chi connectivity index (χ0n) is 22.2. The Hall–Kier alpha value is -3.95. The van der Waals surface area contributed by atoms with Crippen molar-refractivity contribution < 1.29 is 36.7 Å². The lowest BCUT2D eigenvalue weighted by Crippen LogP contribution is -2.50. The highest BCUT2D eigenvalue weighted by molar-refractivity contribution is 6.11. The highest BCUT2D eigenvalue weighted by atomic mass is 19.4. The summed E-state index contributed by atoms with van der Waals surface area (Å²) < 4.78 is 56.8. The highest BCUT2D eigenvalue weighted by Gasteiger charge is 2.58. The smallest absolute Gasteiger partial charge is 0.449 e. The molecule has 1 saturated heterocycles. The number of hydrogen-bond donors (Lipinski definition) is 0. The van der Waals surface area contributed by atoms with Gasteiger partial charge in [0.05, 0.1) is 13.1 Å². The molecule has 2 aromatic carbocycles. The lowest BCUT2D eigenvalue weighted by atomic mass is 9.67. The van der Waals surface area contributed by atoms with Gasteiger partial charge in [0.2, 0.25) is 17.6 Å². The van der Waals surface area contributed by atoms with Gasteiger partial charge in [-0.05, 0) is 50.1 Å². The molecule has 1 atom stereocenters. The van der Waals surface area contributed by atoms with Crippen LogP contribution in [-0.4, -0.2) is 42.0 Å². The number of benzene rings is 2. The average molecular weight is 555 g/mol. The Balaban J connectivity index is 1.33. The molecule has 3 aromatic rings. The van der Waals surface area contributed by atoms with Crippen LogP contribution in [0, 0.1) is 0 Å². The standard InChI is InChI=1S/C30H29F3N2O5/c1-28(2)18-29(22-11-9-19(16-24(22)40-28)38-15-14-34-13-5-8-26(34)36)21-6-3-4-7-23(21)35(27(29)37)17-20-10-12-25(39-20)30(31,32)33/h3-4,6-7,9-12,16H,5,8,13-15,17-18H2,1-2H3. The van der Waals surface area contributed by atoms with Gasteiger partial charge in [-0.1, -0.05) is 24.3 Å². The second-order valence-electron chi connectivity index (χ2n) is 11.1. The van der Waals surface area contributed by atoms with Gasteiger partial charge < -0.3 is 23.7 Å². The number of likely N-dealkylation sites (tertiary alicyclic amines) is 1. The van der Waals surface area contributed by atoms with Gasteiger partial charge >= 0.3 is 6.18 Å². The summed E-state index contributed by atoms with van der Waals surface area (Å²) in [4.78, 5) is 29.6. The number of fused-ring (bicyclic) bond motifs is 4. The summed E-state index contributed by atoms with van der Waals surface area (Å²) in [5, 5.41) is 0. The van der Waals surface area contributed by atoms with Gasteiger partial charge in [-0.15, -0.1) is 0 Å². The van der Waals surface area contributed by atoms with E-state index in [0.29, 0.717) is 48.7 Å². The van der Waals surface area contributed by atoms with Crippen LogP contribution in [0.4, 0.5) is 18.9 Å². The van der Waals surface area contributed by atoms with Gasteiger partial charge in [-0.3, -0.25) is 9.59 Å². The summed E-state index contributed by atoms with van der Waals surface area (Å²) in [7, 11) is 0. The monoisotopic (exact) mass is 554 g/mol. The van der Waals surface area contributed by atoms with Crippen molar-refractivity contribution in [1.82, 2.24) is 4.90 Å². The second-order valence-corrected chi connectivity index (χ2v) is 11.1. The van der Waals surface area contributed by atoms with Crippen molar-refractivity contribution in [2.45, 2.75) is 56.8 Å². The third-order valence-electron chi connectivity index (χ3n) is 7.81.